The molecule has 29 heavy (non-hydrogen) atoms. The lowest BCUT2D eigenvalue weighted by Gasteiger charge is -2.29. The fourth-order valence-electron chi connectivity index (χ4n) is 2.60. The van der Waals surface area contributed by atoms with Crippen LogP contribution in [0.2, 0.25) is 6.04 Å². The highest BCUT2D eigenvalue weighted by Crippen LogP contribution is 2.63. The van der Waals surface area contributed by atoms with E-state index >= 15 is 0 Å². The summed E-state index contributed by atoms with van der Waals surface area (Å²) in [4.78, 5) is -0.685. The summed E-state index contributed by atoms with van der Waals surface area (Å²) in [7, 11) is -4.96. The van der Waals surface area contributed by atoms with Gasteiger partial charge in [0, 0.05) is 27.4 Å². The van der Waals surface area contributed by atoms with Crippen LogP contribution in [0.4, 0.5) is 0 Å². The molecule has 0 saturated carbocycles. The van der Waals surface area contributed by atoms with Crippen LogP contribution >= 0.6 is 27.0 Å². The van der Waals surface area contributed by atoms with Gasteiger partial charge >= 0.3 is 24.0 Å². The van der Waals surface area contributed by atoms with Gasteiger partial charge in [-0.2, -0.15) is 0 Å². The summed E-state index contributed by atoms with van der Waals surface area (Å²) in [5.41, 5.74) is 0. The first kappa shape index (κ1) is 29.7. The van der Waals surface area contributed by atoms with Crippen LogP contribution in [0.1, 0.15) is 34.1 Å². The van der Waals surface area contributed by atoms with Crippen molar-refractivity contribution in [2.75, 3.05) is 59.7 Å². The van der Waals surface area contributed by atoms with E-state index in [1.54, 1.807) is 49.0 Å². The highest BCUT2D eigenvalue weighted by atomic mass is 32.2. The molecule has 176 valence electrons. The zero-order valence-electron chi connectivity index (χ0n) is 18.7. The molecule has 0 heterocycles. The first-order valence-electron chi connectivity index (χ1n) is 9.78. The Morgan fingerprint density at radius 3 is 1.62 bits per heavy atom. The molecule has 13 heteroatoms. The highest BCUT2D eigenvalue weighted by Gasteiger charge is 2.43. The average molecular weight is 497 g/mol. The van der Waals surface area contributed by atoms with Crippen LogP contribution < -0.4 is 0 Å². The van der Waals surface area contributed by atoms with Gasteiger partial charge in [-0.1, -0.05) is 0 Å². The second-order valence-electron chi connectivity index (χ2n) is 5.73. The van der Waals surface area contributed by atoms with Crippen molar-refractivity contribution in [1.82, 2.24) is 0 Å². The Bertz CT molecular complexity index is 494. The zero-order chi connectivity index (χ0) is 22.4. The van der Waals surface area contributed by atoms with E-state index in [0.717, 1.165) is 0 Å². The van der Waals surface area contributed by atoms with Gasteiger partial charge in [0.1, 0.15) is 4.99 Å². The van der Waals surface area contributed by atoms with Crippen LogP contribution in [0.5, 0.6) is 0 Å². The molecule has 0 spiro atoms. The van der Waals surface area contributed by atoms with Gasteiger partial charge in [0.05, 0.1) is 32.6 Å². The SMILES string of the molecule is CCOP(=O)(CC(SCCC[Si](OC)(OC)OC)P(=O)(OCC)OCC)OCC. The Kier molecular flexibility index (Phi) is 15.9. The van der Waals surface area contributed by atoms with Crippen LogP contribution in [0.15, 0.2) is 0 Å². The molecular weight excluding hydrogens is 458 g/mol. The largest absolute Gasteiger partial charge is 0.500 e. The van der Waals surface area contributed by atoms with Gasteiger partial charge in [-0.3, -0.25) is 9.13 Å². The number of rotatable bonds is 19. The molecule has 0 amide bonds. The standard InChI is InChI=1S/C16H38O9P2SSi/c1-8-22-26(17,23-9-2)15-16(27(18,24-10-3)25-11-4)28-13-12-14-29(19-5,20-6)21-7/h16H,8-15H2,1-7H3. The van der Waals surface area contributed by atoms with E-state index in [-0.39, 0.29) is 32.6 Å². The number of hydrogen-bond donors (Lipinski definition) is 0. The Labute approximate surface area is 181 Å². The lowest BCUT2D eigenvalue weighted by atomic mass is 10.6. The molecule has 0 aliphatic carbocycles. The molecule has 0 aromatic carbocycles. The molecule has 0 bridgehead atoms. The summed E-state index contributed by atoms with van der Waals surface area (Å²) >= 11 is 1.37. The van der Waals surface area contributed by atoms with E-state index < -0.39 is 29.0 Å². The molecule has 0 saturated heterocycles. The van der Waals surface area contributed by atoms with Crippen molar-refractivity contribution in [3.05, 3.63) is 0 Å². The zero-order valence-corrected chi connectivity index (χ0v) is 22.3. The van der Waals surface area contributed by atoms with E-state index in [2.05, 4.69) is 0 Å². The minimum Gasteiger partial charge on any atom is -0.377 e. The molecule has 0 aromatic heterocycles. The molecule has 9 nitrogen and oxygen atoms in total. The van der Waals surface area contributed by atoms with Crippen LogP contribution in [0.25, 0.3) is 0 Å². The van der Waals surface area contributed by atoms with E-state index in [1.165, 1.54) is 11.8 Å². The van der Waals surface area contributed by atoms with E-state index in [4.69, 9.17) is 31.4 Å². The molecule has 0 radical (unpaired) electrons. The normalized spacial score (nSPS) is 14.3. The molecule has 0 aliphatic heterocycles. The number of thioether (sulfide) groups is 1. The maximum atomic E-state index is 13.4. The smallest absolute Gasteiger partial charge is 0.377 e. The Hall–Kier alpha value is 0.747. The van der Waals surface area contributed by atoms with Crippen molar-refractivity contribution in [3.8, 4) is 0 Å². The first-order valence-corrected chi connectivity index (χ1v) is 16.1. The van der Waals surface area contributed by atoms with Gasteiger partial charge < -0.3 is 31.4 Å². The molecule has 0 aromatic rings. The van der Waals surface area contributed by atoms with Crippen LogP contribution in [-0.4, -0.2) is 73.5 Å². The van der Waals surface area contributed by atoms with Crippen molar-refractivity contribution in [3.63, 3.8) is 0 Å². The summed E-state index contributed by atoms with van der Waals surface area (Å²) in [6, 6.07) is 0.596. The summed E-state index contributed by atoms with van der Waals surface area (Å²) in [6.45, 7) is 7.86. The maximum absolute atomic E-state index is 13.4. The topological polar surface area (TPSA) is 98.8 Å². The highest BCUT2D eigenvalue weighted by molar-refractivity contribution is 8.05. The van der Waals surface area contributed by atoms with Gasteiger partial charge in [-0.05, 0) is 39.9 Å². The van der Waals surface area contributed by atoms with Gasteiger partial charge in [0.25, 0.3) is 0 Å². The van der Waals surface area contributed by atoms with Gasteiger partial charge in [0.15, 0.2) is 0 Å². The van der Waals surface area contributed by atoms with Crippen molar-refractivity contribution in [2.24, 2.45) is 0 Å². The minimum absolute atomic E-state index is 0.0575. The lowest BCUT2D eigenvalue weighted by molar-refractivity contribution is 0.123. The van der Waals surface area contributed by atoms with Crippen LogP contribution in [-0.2, 0) is 40.5 Å². The molecule has 0 aliphatic rings. The molecule has 1 unspecified atom stereocenters. The molecule has 0 rings (SSSR count). The monoisotopic (exact) mass is 496 g/mol. The van der Waals surface area contributed by atoms with E-state index in [0.29, 0.717) is 18.2 Å². The predicted octanol–water partition coefficient (Wildman–Crippen LogP) is 4.85. The van der Waals surface area contributed by atoms with Gasteiger partial charge in [-0.25, -0.2) is 0 Å². The molecule has 0 fully saturated rings. The summed E-state index contributed by atoms with van der Waals surface area (Å²) in [5.74, 6) is 0.595. The Morgan fingerprint density at radius 2 is 1.24 bits per heavy atom. The van der Waals surface area contributed by atoms with Crippen molar-refractivity contribution >= 4 is 35.8 Å². The third-order valence-electron chi connectivity index (χ3n) is 3.87. The lowest BCUT2D eigenvalue weighted by Crippen LogP contribution is -2.42. The third kappa shape index (κ3) is 10.3. The minimum atomic E-state index is -3.53. The Morgan fingerprint density at radius 1 is 0.793 bits per heavy atom. The third-order valence-corrected chi connectivity index (χ3v) is 13.8. The van der Waals surface area contributed by atoms with Crippen LogP contribution in [0, 0.1) is 0 Å². The van der Waals surface area contributed by atoms with Crippen molar-refractivity contribution < 1.29 is 40.5 Å². The fourth-order valence-corrected chi connectivity index (χ4v) is 11.5. The maximum Gasteiger partial charge on any atom is 0.500 e. The Balaban J connectivity index is 5.37. The van der Waals surface area contributed by atoms with Crippen LogP contribution in [0.3, 0.4) is 0 Å². The predicted molar refractivity (Wildman–Crippen MR) is 119 cm³/mol. The molecular formula is C16H38O9P2SSi. The van der Waals surface area contributed by atoms with Crippen molar-refractivity contribution in [2.45, 2.75) is 45.2 Å². The van der Waals surface area contributed by atoms with Gasteiger partial charge in [-0.15, -0.1) is 11.8 Å². The van der Waals surface area contributed by atoms with Crippen molar-refractivity contribution in [1.29, 1.82) is 0 Å². The summed E-state index contributed by atoms with van der Waals surface area (Å²) < 4.78 is 64.6. The summed E-state index contributed by atoms with van der Waals surface area (Å²) in [6.07, 6.45) is 0.632. The fraction of sp³-hybridized carbons (Fsp3) is 1.00. The van der Waals surface area contributed by atoms with Gasteiger partial charge in [0.2, 0.25) is 0 Å². The number of hydrogen-bond acceptors (Lipinski definition) is 10. The van der Waals surface area contributed by atoms with E-state index in [9.17, 15) is 9.13 Å². The molecule has 0 N–H and O–H groups in total. The first-order chi connectivity index (χ1) is 13.7. The second-order valence-corrected chi connectivity index (χ2v) is 14.8. The summed E-state index contributed by atoms with van der Waals surface area (Å²) in [5, 5.41) is 0. The second kappa shape index (κ2) is 15.5. The average Bonchev–Trinajstić information content (AvgIpc) is 2.68. The molecule has 1 atom stereocenters. The van der Waals surface area contributed by atoms with E-state index in [1.807, 2.05) is 0 Å². The quantitative estimate of drug-likeness (QED) is 0.140.